The molecule has 5 heteroatoms. The Labute approximate surface area is 178 Å². The van der Waals surface area contributed by atoms with Gasteiger partial charge in [0.2, 0.25) is 0 Å². The van der Waals surface area contributed by atoms with E-state index in [2.05, 4.69) is 47.1 Å². The van der Waals surface area contributed by atoms with Crippen molar-refractivity contribution < 1.29 is 9.53 Å². The minimum Gasteiger partial charge on any atom is -0.443 e. The Balaban J connectivity index is 1.67. The zero-order chi connectivity index (χ0) is 21.3. The number of fused-ring (bicyclic) bond motifs is 1. The number of ether oxygens (including phenoxy) is 1. The normalized spacial score (nSPS) is 17.7. The molecule has 4 rings (SSSR count). The van der Waals surface area contributed by atoms with E-state index in [9.17, 15) is 4.79 Å². The van der Waals surface area contributed by atoms with E-state index in [0.717, 1.165) is 30.6 Å². The van der Waals surface area contributed by atoms with Gasteiger partial charge in [0.05, 0.1) is 0 Å². The number of rotatable bonds is 3. The molecule has 0 spiro atoms. The summed E-state index contributed by atoms with van der Waals surface area (Å²) in [5.74, 6) is 0.425. The first-order valence-electron chi connectivity index (χ1n) is 10.5. The van der Waals surface area contributed by atoms with Crippen molar-refractivity contribution in [2.75, 3.05) is 13.1 Å². The van der Waals surface area contributed by atoms with Gasteiger partial charge >= 0.3 is 6.09 Å². The lowest BCUT2D eigenvalue weighted by molar-refractivity contribution is 0.0543. The van der Waals surface area contributed by atoms with Crippen molar-refractivity contribution in [3.8, 4) is 0 Å². The number of pyridine rings is 1. The van der Waals surface area contributed by atoms with Crippen LogP contribution in [0.4, 0.5) is 4.79 Å². The van der Waals surface area contributed by atoms with Crippen LogP contribution >= 0.6 is 0 Å². The second kappa shape index (κ2) is 8.07. The van der Waals surface area contributed by atoms with Gasteiger partial charge in [-0.05, 0) is 50.0 Å². The summed E-state index contributed by atoms with van der Waals surface area (Å²) in [4.78, 5) is 19.7. The van der Waals surface area contributed by atoms with Gasteiger partial charge in [0.1, 0.15) is 11.2 Å². The molecule has 0 radical (unpaired) electrons. The molecule has 0 bridgehead atoms. The predicted octanol–water partition coefficient (Wildman–Crippen LogP) is 5.35. The zero-order valence-electron chi connectivity index (χ0n) is 18.1. The number of carbonyl (C=O) groups excluding carboxylic acids is 1. The van der Waals surface area contributed by atoms with E-state index in [-0.39, 0.29) is 0 Å². The maximum Gasteiger partial charge on any atom is 0.420 e. The lowest BCUT2D eigenvalue weighted by Gasteiger charge is -2.30. The monoisotopic (exact) mass is 403 g/mol. The Morgan fingerprint density at radius 2 is 1.93 bits per heavy atom. The lowest BCUT2D eigenvalue weighted by atomic mass is 9.95. The van der Waals surface area contributed by atoms with Crippen molar-refractivity contribution in [2.45, 2.75) is 39.8 Å². The molecule has 0 N–H and O–H groups in total. The average Bonchev–Trinajstić information content (AvgIpc) is 3.07. The summed E-state index contributed by atoms with van der Waals surface area (Å²) in [5.41, 5.74) is 3.66. The fourth-order valence-electron chi connectivity index (χ4n) is 4.06. The second-order valence-corrected chi connectivity index (χ2v) is 9.09. The lowest BCUT2D eigenvalue weighted by Crippen LogP contribution is -2.33. The maximum absolute atomic E-state index is 12.8. The third-order valence-corrected chi connectivity index (χ3v) is 5.17. The van der Waals surface area contributed by atoms with Crippen molar-refractivity contribution in [2.24, 2.45) is 5.92 Å². The summed E-state index contributed by atoms with van der Waals surface area (Å²) in [5, 5.41) is 0.975. The first-order valence-corrected chi connectivity index (χ1v) is 10.5. The Kier molecular flexibility index (Phi) is 5.48. The standard InChI is InChI=1S/C25H29N3O2/c1-18-13-20(16-27(14-18)15-19-9-6-5-7-10-19)22-17-28(24(29)30-25(2,3)4)23-21(22)11-8-12-26-23/h5-13,17-18H,14-16H2,1-4H3/t18-/m1/s1. The van der Waals surface area contributed by atoms with Crippen LogP contribution in [-0.4, -0.2) is 39.2 Å². The molecular weight excluding hydrogens is 374 g/mol. The molecule has 3 heterocycles. The van der Waals surface area contributed by atoms with Crippen LogP contribution in [-0.2, 0) is 11.3 Å². The molecular formula is C25H29N3O2. The maximum atomic E-state index is 12.8. The highest BCUT2D eigenvalue weighted by Crippen LogP contribution is 2.31. The Hall–Kier alpha value is -2.92. The molecule has 5 nitrogen and oxygen atoms in total. The minimum atomic E-state index is -0.562. The summed E-state index contributed by atoms with van der Waals surface area (Å²) in [6.07, 6.45) is 5.52. The van der Waals surface area contributed by atoms with E-state index >= 15 is 0 Å². The van der Waals surface area contributed by atoms with E-state index in [0.29, 0.717) is 11.6 Å². The zero-order valence-corrected chi connectivity index (χ0v) is 18.1. The van der Waals surface area contributed by atoms with Gasteiger partial charge in [0.25, 0.3) is 0 Å². The van der Waals surface area contributed by atoms with Crippen LogP contribution in [0.25, 0.3) is 16.6 Å². The largest absolute Gasteiger partial charge is 0.443 e. The van der Waals surface area contributed by atoms with Crippen molar-refractivity contribution >= 4 is 22.7 Å². The molecule has 0 amide bonds. The van der Waals surface area contributed by atoms with E-state index in [1.54, 1.807) is 6.20 Å². The molecule has 156 valence electrons. The molecule has 0 saturated heterocycles. The topological polar surface area (TPSA) is 47.4 Å². The molecule has 30 heavy (non-hydrogen) atoms. The van der Waals surface area contributed by atoms with Gasteiger partial charge in [-0.3, -0.25) is 4.90 Å². The quantitative estimate of drug-likeness (QED) is 0.591. The van der Waals surface area contributed by atoms with Crippen molar-refractivity contribution in [3.05, 3.63) is 72.1 Å². The number of benzene rings is 1. The van der Waals surface area contributed by atoms with Gasteiger partial charge in [0.15, 0.2) is 0 Å². The summed E-state index contributed by atoms with van der Waals surface area (Å²) < 4.78 is 7.15. The van der Waals surface area contributed by atoms with Crippen LogP contribution in [0.2, 0.25) is 0 Å². The molecule has 1 aliphatic heterocycles. The van der Waals surface area contributed by atoms with E-state index in [1.165, 1.54) is 15.7 Å². The molecule has 0 saturated carbocycles. The van der Waals surface area contributed by atoms with Gasteiger partial charge < -0.3 is 4.74 Å². The number of nitrogens with zero attached hydrogens (tertiary/aromatic N) is 3. The first kappa shape index (κ1) is 20.4. The molecule has 1 aliphatic rings. The molecule has 1 aromatic carbocycles. The van der Waals surface area contributed by atoms with E-state index in [1.807, 2.05) is 45.2 Å². The van der Waals surface area contributed by atoms with E-state index in [4.69, 9.17) is 4.74 Å². The highest BCUT2D eigenvalue weighted by molar-refractivity contribution is 5.96. The number of hydrogen-bond donors (Lipinski definition) is 0. The molecule has 1 atom stereocenters. The van der Waals surface area contributed by atoms with Gasteiger partial charge in [-0.2, -0.15) is 0 Å². The molecule has 3 aromatic rings. The number of hydrogen-bond acceptors (Lipinski definition) is 4. The predicted molar refractivity (Wildman–Crippen MR) is 120 cm³/mol. The Bertz CT molecular complexity index is 1080. The summed E-state index contributed by atoms with van der Waals surface area (Å²) in [6, 6.07) is 14.5. The summed E-state index contributed by atoms with van der Waals surface area (Å²) in [7, 11) is 0. The highest BCUT2D eigenvalue weighted by atomic mass is 16.6. The third kappa shape index (κ3) is 4.46. The van der Waals surface area contributed by atoms with Crippen LogP contribution in [0.3, 0.4) is 0 Å². The van der Waals surface area contributed by atoms with Crippen LogP contribution in [0, 0.1) is 5.92 Å². The SMILES string of the molecule is C[C@@H]1C=C(c2cn(C(=O)OC(C)(C)C)c3ncccc23)CN(Cc2ccccc2)C1. The van der Waals surface area contributed by atoms with Gasteiger partial charge in [-0.1, -0.05) is 43.3 Å². The second-order valence-electron chi connectivity index (χ2n) is 9.09. The van der Waals surface area contributed by atoms with Crippen LogP contribution in [0.5, 0.6) is 0 Å². The summed E-state index contributed by atoms with van der Waals surface area (Å²) in [6.45, 7) is 10.6. The summed E-state index contributed by atoms with van der Waals surface area (Å²) >= 11 is 0. The van der Waals surface area contributed by atoms with E-state index < -0.39 is 11.7 Å². The number of carbonyl (C=O) groups is 1. The van der Waals surface area contributed by atoms with Gasteiger partial charge in [0, 0.05) is 43.0 Å². The van der Waals surface area contributed by atoms with Crippen molar-refractivity contribution in [3.63, 3.8) is 0 Å². The van der Waals surface area contributed by atoms with Crippen LogP contribution in [0.15, 0.2) is 60.9 Å². The number of aromatic nitrogens is 2. The van der Waals surface area contributed by atoms with Gasteiger partial charge in [-0.15, -0.1) is 0 Å². The third-order valence-electron chi connectivity index (χ3n) is 5.17. The first-order chi connectivity index (χ1) is 14.3. The fourth-order valence-corrected chi connectivity index (χ4v) is 4.06. The van der Waals surface area contributed by atoms with Crippen LogP contribution in [0.1, 0.15) is 38.8 Å². The van der Waals surface area contributed by atoms with Crippen LogP contribution < -0.4 is 0 Å². The van der Waals surface area contributed by atoms with Crippen molar-refractivity contribution in [1.29, 1.82) is 0 Å². The molecule has 0 aliphatic carbocycles. The Morgan fingerprint density at radius 1 is 1.17 bits per heavy atom. The molecule has 0 fully saturated rings. The molecule has 2 aromatic heterocycles. The minimum absolute atomic E-state index is 0.400. The Morgan fingerprint density at radius 3 is 2.67 bits per heavy atom. The highest BCUT2D eigenvalue weighted by Gasteiger charge is 2.25. The molecule has 0 unspecified atom stereocenters. The fraction of sp³-hybridized carbons (Fsp3) is 0.360. The van der Waals surface area contributed by atoms with Crippen molar-refractivity contribution in [1.82, 2.24) is 14.5 Å². The average molecular weight is 404 g/mol. The smallest absolute Gasteiger partial charge is 0.420 e. The van der Waals surface area contributed by atoms with Gasteiger partial charge in [-0.25, -0.2) is 14.3 Å².